The SMILES string of the molecule is Cc1cc(C)c2sc(N3CCN(C(=O)Nc4cccc(Cl)c4)CC3)nc2c1. The number of nitrogens with one attached hydrogen (secondary N) is 1. The maximum Gasteiger partial charge on any atom is 0.321 e. The van der Waals surface area contributed by atoms with Gasteiger partial charge in [0.15, 0.2) is 5.13 Å². The van der Waals surface area contributed by atoms with Crippen LogP contribution in [-0.2, 0) is 0 Å². The molecule has 1 aliphatic rings. The summed E-state index contributed by atoms with van der Waals surface area (Å²) in [6.07, 6.45) is 0. The number of piperazine rings is 1. The first-order valence-electron chi connectivity index (χ1n) is 8.94. The largest absolute Gasteiger partial charge is 0.345 e. The molecule has 140 valence electrons. The van der Waals surface area contributed by atoms with Crippen LogP contribution in [0.25, 0.3) is 10.2 Å². The van der Waals surface area contributed by atoms with E-state index in [9.17, 15) is 4.79 Å². The predicted octanol–water partition coefficient (Wildman–Crippen LogP) is 4.92. The summed E-state index contributed by atoms with van der Waals surface area (Å²) >= 11 is 7.71. The van der Waals surface area contributed by atoms with Crippen LogP contribution in [0.15, 0.2) is 36.4 Å². The summed E-state index contributed by atoms with van der Waals surface area (Å²) in [7, 11) is 0. The standard InChI is InChI=1S/C20H21ClN4OS/c1-13-10-14(2)18-17(11-13)23-20(27-18)25-8-6-24(7-9-25)19(26)22-16-5-3-4-15(21)12-16/h3-5,10-12H,6-9H2,1-2H3,(H,22,26). The van der Waals surface area contributed by atoms with Crippen molar-refractivity contribution in [2.24, 2.45) is 0 Å². The quantitative estimate of drug-likeness (QED) is 0.664. The van der Waals surface area contributed by atoms with Gasteiger partial charge in [0.1, 0.15) is 0 Å². The first kappa shape index (κ1) is 18.1. The number of carbonyl (C=O) groups is 1. The first-order valence-corrected chi connectivity index (χ1v) is 10.1. The average molecular weight is 401 g/mol. The number of thiazole rings is 1. The number of hydrogen-bond donors (Lipinski definition) is 1. The van der Waals surface area contributed by atoms with E-state index in [1.807, 2.05) is 17.0 Å². The van der Waals surface area contributed by atoms with E-state index in [0.717, 1.165) is 23.7 Å². The van der Waals surface area contributed by atoms with Gasteiger partial charge < -0.3 is 15.1 Å². The van der Waals surface area contributed by atoms with Gasteiger partial charge in [-0.2, -0.15) is 0 Å². The molecule has 2 heterocycles. The lowest BCUT2D eigenvalue weighted by molar-refractivity contribution is 0.208. The molecule has 0 atom stereocenters. The molecule has 7 heteroatoms. The molecule has 0 radical (unpaired) electrons. The number of urea groups is 1. The highest BCUT2D eigenvalue weighted by atomic mass is 35.5. The van der Waals surface area contributed by atoms with Gasteiger partial charge >= 0.3 is 6.03 Å². The number of benzene rings is 2. The molecule has 4 rings (SSSR count). The molecular formula is C20H21ClN4OS. The van der Waals surface area contributed by atoms with E-state index >= 15 is 0 Å². The second kappa shape index (κ2) is 7.37. The average Bonchev–Trinajstić information content (AvgIpc) is 3.06. The number of nitrogens with zero attached hydrogens (tertiary/aromatic N) is 3. The van der Waals surface area contributed by atoms with Crippen molar-refractivity contribution in [3.63, 3.8) is 0 Å². The van der Waals surface area contributed by atoms with Crippen molar-refractivity contribution in [1.82, 2.24) is 9.88 Å². The number of hydrogen-bond acceptors (Lipinski definition) is 4. The number of aromatic nitrogens is 1. The molecule has 1 fully saturated rings. The highest BCUT2D eigenvalue weighted by Gasteiger charge is 2.23. The zero-order valence-electron chi connectivity index (χ0n) is 15.3. The summed E-state index contributed by atoms with van der Waals surface area (Å²) in [6.45, 7) is 7.13. The molecule has 27 heavy (non-hydrogen) atoms. The van der Waals surface area contributed by atoms with E-state index in [1.54, 1.807) is 23.5 Å². The van der Waals surface area contributed by atoms with Crippen LogP contribution in [-0.4, -0.2) is 42.1 Å². The van der Waals surface area contributed by atoms with Crippen LogP contribution in [0.5, 0.6) is 0 Å². The molecule has 0 spiro atoms. The fraction of sp³-hybridized carbons (Fsp3) is 0.300. The minimum atomic E-state index is -0.0901. The second-order valence-electron chi connectivity index (χ2n) is 6.84. The van der Waals surface area contributed by atoms with Gasteiger partial charge in [-0.15, -0.1) is 0 Å². The van der Waals surface area contributed by atoms with Crippen molar-refractivity contribution in [2.45, 2.75) is 13.8 Å². The molecule has 1 aromatic heterocycles. The molecule has 1 aliphatic heterocycles. The minimum Gasteiger partial charge on any atom is -0.345 e. The van der Waals surface area contributed by atoms with Crippen molar-refractivity contribution in [3.8, 4) is 0 Å². The fourth-order valence-electron chi connectivity index (χ4n) is 3.37. The highest BCUT2D eigenvalue weighted by molar-refractivity contribution is 7.22. The summed E-state index contributed by atoms with van der Waals surface area (Å²) in [5.41, 5.74) is 4.29. The van der Waals surface area contributed by atoms with Gasteiger partial charge in [0.25, 0.3) is 0 Å². The summed E-state index contributed by atoms with van der Waals surface area (Å²) < 4.78 is 1.25. The normalized spacial score (nSPS) is 14.6. The number of aryl methyl sites for hydroxylation is 2. The third-order valence-corrected chi connectivity index (χ3v) is 6.22. The summed E-state index contributed by atoms with van der Waals surface area (Å²) in [5.74, 6) is 0. The van der Waals surface area contributed by atoms with Gasteiger partial charge in [-0.05, 0) is 49.2 Å². The van der Waals surface area contributed by atoms with E-state index < -0.39 is 0 Å². The van der Waals surface area contributed by atoms with Crippen molar-refractivity contribution >= 4 is 50.0 Å². The van der Waals surface area contributed by atoms with Gasteiger partial charge in [-0.1, -0.05) is 35.1 Å². The van der Waals surface area contributed by atoms with Crippen LogP contribution >= 0.6 is 22.9 Å². The van der Waals surface area contributed by atoms with Crippen molar-refractivity contribution in [2.75, 3.05) is 36.4 Å². The molecule has 2 aromatic carbocycles. The first-order chi connectivity index (χ1) is 13.0. The Bertz CT molecular complexity index is 995. The predicted molar refractivity (Wildman–Crippen MR) is 113 cm³/mol. The van der Waals surface area contributed by atoms with Crippen LogP contribution in [0.3, 0.4) is 0 Å². The Morgan fingerprint density at radius 1 is 1.15 bits per heavy atom. The molecule has 0 saturated carbocycles. The monoisotopic (exact) mass is 400 g/mol. The summed E-state index contributed by atoms with van der Waals surface area (Å²) in [6, 6.07) is 11.4. The molecule has 0 aliphatic carbocycles. The fourth-order valence-corrected chi connectivity index (χ4v) is 4.63. The van der Waals surface area contributed by atoms with Gasteiger partial charge in [0.2, 0.25) is 0 Å². The third kappa shape index (κ3) is 3.87. The number of rotatable bonds is 2. The molecule has 1 N–H and O–H groups in total. The Morgan fingerprint density at radius 3 is 2.67 bits per heavy atom. The molecule has 2 amide bonds. The van der Waals surface area contributed by atoms with E-state index in [0.29, 0.717) is 23.8 Å². The molecule has 3 aromatic rings. The molecular weight excluding hydrogens is 380 g/mol. The maximum absolute atomic E-state index is 12.5. The Hall–Kier alpha value is -2.31. The van der Waals surface area contributed by atoms with Gasteiger partial charge in [-0.25, -0.2) is 9.78 Å². The summed E-state index contributed by atoms with van der Waals surface area (Å²) in [4.78, 5) is 21.4. The molecule has 1 saturated heterocycles. The van der Waals surface area contributed by atoms with Crippen LogP contribution < -0.4 is 10.2 Å². The van der Waals surface area contributed by atoms with Crippen LogP contribution in [0.4, 0.5) is 15.6 Å². The van der Waals surface area contributed by atoms with Gasteiger partial charge in [0, 0.05) is 36.9 Å². The van der Waals surface area contributed by atoms with Crippen molar-refractivity contribution in [3.05, 3.63) is 52.5 Å². The number of halogens is 1. The van der Waals surface area contributed by atoms with E-state index in [2.05, 4.69) is 36.2 Å². The van der Waals surface area contributed by atoms with E-state index in [4.69, 9.17) is 16.6 Å². The third-order valence-electron chi connectivity index (χ3n) is 4.72. The smallest absolute Gasteiger partial charge is 0.321 e. The van der Waals surface area contributed by atoms with Crippen molar-refractivity contribution < 1.29 is 4.79 Å². The lowest BCUT2D eigenvalue weighted by atomic mass is 10.1. The number of fused-ring (bicyclic) bond motifs is 1. The minimum absolute atomic E-state index is 0.0901. The zero-order chi connectivity index (χ0) is 19.0. The molecule has 5 nitrogen and oxygen atoms in total. The molecule has 0 unspecified atom stereocenters. The van der Waals surface area contributed by atoms with Crippen molar-refractivity contribution in [1.29, 1.82) is 0 Å². The Morgan fingerprint density at radius 2 is 1.93 bits per heavy atom. The van der Waals surface area contributed by atoms with E-state index in [1.165, 1.54) is 15.8 Å². The number of carbonyl (C=O) groups excluding carboxylic acids is 1. The van der Waals surface area contributed by atoms with Crippen LogP contribution in [0.1, 0.15) is 11.1 Å². The topological polar surface area (TPSA) is 48.5 Å². The lowest BCUT2D eigenvalue weighted by Gasteiger charge is -2.34. The van der Waals surface area contributed by atoms with E-state index in [-0.39, 0.29) is 6.03 Å². The second-order valence-corrected chi connectivity index (χ2v) is 8.26. The van der Waals surface area contributed by atoms with Crippen LogP contribution in [0, 0.1) is 13.8 Å². The number of anilines is 2. The summed E-state index contributed by atoms with van der Waals surface area (Å²) in [5, 5.41) is 4.56. The lowest BCUT2D eigenvalue weighted by Crippen LogP contribution is -2.50. The van der Waals surface area contributed by atoms with Gasteiger partial charge in [0.05, 0.1) is 10.2 Å². The zero-order valence-corrected chi connectivity index (χ0v) is 16.9. The van der Waals surface area contributed by atoms with Gasteiger partial charge in [-0.3, -0.25) is 0 Å². The van der Waals surface area contributed by atoms with Crippen LogP contribution in [0.2, 0.25) is 5.02 Å². The Labute approximate surface area is 167 Å². The number of amides is 2. The maximum atomic E-state index is 12.5. The highest BCUT2D eigenvalue weighted by Crippen LogP contribution is 2.32. The Balaban J connectivity index is 1.41. The Kier molecular flexibility index (Phi) is 4.93. The molecule has 0 bridgehead atoms.